The number of sulfonamides is 1. The van der Waals surface area contributed by atoms with Gasteiger partial charge in [0, 0.05) is 25.3 Å². The Labute approximate surface area is 183 Å². The lowest BCUT2D eigenvalue weighted by Crippen LogP contribution is -2.38. The summed E-state index contributed by atoms with van der Waals surface area (Å²) in [5.74, 6) is 0. The zero-order valence-electron chi connectivity index (χ0n) is 17.1. The molecule has 2 N–H and O–H groups in total. The fraction of sp³-hybridized carbons (Fsp3) is 0.250. The molecule has 0 amide bonds. The van der Waals surface area contributed by atoms with E-state index in [0.717, 1.165) is 24.2 Å². The second kappa shape index (κ2) is 9.62. The van der Waals surface area contributed by atoms with E-state index in [2.05, 4.69) is 9.62 Å². The van der Waals surface area contributed by atoms with E-state index in [9.17, 15) is 13.5 Å². The molecule has 1 atom stereocenters. The van der Waals surface area contributed by atoms with Crippen molar-refractivity contribution in [3.63, 3.8) is 0 Å². The lowest BCUT2D eigenvalue weighted by molar-refractivity contribution is 0.0143. The van der Waals surface area contributed by atoms with Crippen LogP contribution in [0, 0.1) is 0 Å². The van der Waals surface area contributed by atoms with Gasteiger partial charge >= 0.3 is 0 Å². The summed E-state index contributed by atoms with van der Waals surface area (Å²) < 4.78 is 33.7. The van der Waals surface area contributed by atoms with Crippen molar-refractivity contribution in [1.82, 2.24) is 4.90 Å². The highest BCUT2D eigenvalue weighted by molar-refractivity contribution is 7.92. The molecule has 1 heterocycles. The van der Waals surface area contributed by atoms with Crippen molar-refractivity contribution in [3.05, 3.63) is 84.4 Å². The summed E-state index contributed by atoms with van der Waals surface area (Å²) in [5.41, 5.74) is 3.07. The molecule has 0 spiro atoms. The predicted molar refractivity (Wildman–Crippen MR) is 121 cm³/mol. The van der Waals surface area contributed by atoms with Gasteiger partial charge in [-0.2, -0.15) is 0 Å². The summed E-state index contributed by atoms with van der Waals surface area (Å²) in [4.78, 5) is 2.32. The topological polar surface area (TPSA) is 78.9 Å². The van der Waals surface area contributed by atoms with Gasteiger partial charge in [0.25, 0.3) is 10.0 Å². The normalized spacial score (nSPS) is 16.0. The smallest absolute Gasteiger partial charge is 0.261 e. The maximum Gasteiger partial charge on any atom is 0.261 e. The molecule has 1 aliphatic rings. The van der Waals surface area contributed by atoms with Crippen molar-refractivity contribution in [1.29, 1.82) is 0 Å². The van der Waals surface area contributed by atoms with Crippen molar-refractivity contribution in [3.8, 4) is 11.1 Å². The minimum Gasteiger partial charge on any atom is -0.387 e. The first-order chi connectivity index (χ1) is 15.0. The summed E-state index contributed by atoms with van der Waals surface area (Å²) >= 11 is 0. The maximum absolute atomic E-state index is 12.9. The van der Waals surface area contributed by atoms with Gasteiger partial charge < -0.3 is 9.84 Å². The monoisotopic (exact) mass is 438 g/mol. The number of hydrogen-bond donors (Lipinski definition) is 2. The molecule has 3 aromatic carbocycles. The first-order valence-electron chi connectivity index (χ1n) is 10.3. The van der Waals surface area contributed by atoms with Crippen LogP contribution >= 0.6 is 0 Å². The van der Waals surface area contributed by atoms with E-state index in [-0.39, 0.29) is 4.90 Å². The van der Waals surface area contributed by atoms with Gasteiger partial charge in [-0.3, -0.25) is 9.62 Å². The molecule has 0 aliphatic carbocycles. The van der Waals surface area contributed by atoms with Gasteiger partial charge in [-0.15, -0.1) is 0 Å². The van der Waals surface area contributed by atoms with Crippen LogP contribution in [-0.4, -0.2) is 51.3 Å². The lowest BCUT2D eigenvalue weighted by atomic mass is 10.1. The van der Waals surface area contributed by atoms with Crippen molar-refractivity contribution >= 4 is 15.7 Å². The van der Waals surface area contributed by atoms with Crippen molar-refractivity contribution < 1.29 is 18.3 Å². The molecule has 0 radical (unpaired) electrons. The number of rotatable bonds is 7. The third-order valence-corrected chi connectivity index (χ3v) is 6.73. The number of nitrogens with one attached hydrogen (secondary N) is 1. The Bertz CT molecular complexity index is 1100. The van der Waals surface area contributed by atoms with Crippen LogP contribution in [0.4, 0.5) is 5.69 Å². The summed E-state index contributed by atoms with van der Waals surface area (Å²) in [7, 11) is -3.74. The summed E-state index contributed by atoms with van der Waals surface area (Å²) in [6.45, 7) is 3.37. The minimum absolute atomic E-state index is 0.187. The van der Waals surface area contributed by atoms with Crippen molar-refractivity contribution in [2.45, 2.75) is 11.0 Å². The Kier molecular flexibility index (Phi) is 6.67. The Morgan fingerprint density at radius 1 is 0.903 bits per heavy atom. The molecular formula is C24H26N2O4S. The van der Waals surface area contributed by atoms with E-state index in [0.29, 0.717) is 31.0 Å². The molecule has 1 saturated heterocycles. The summed E-state index contributed by atoms with van der Waals surface area (Å²) in [6, 6.07) is 23.5. The second-order valence-electron chi connectivity index (χ2n) is 7.55. The first-order valence-corrected chi connectivity index (χ1v) is 11.8. The van der Waals surface area contributed by atoms with Crippen LogP contribution in [0.1, 0.15) is 11.7 Å². The number of aliphatic hydroxyl groups excluding tert-OH is 1. The zero-order valence-corrected chi connectivity index (χ0v) is 18.0. The van der Waals surface area contributed by atoms with E-state index < -0.39 is 16.1 Å². The number of aliphatic hydroxyl groups is 1. The molecule has 1 aliphatic heterocycles. The van der Waals surface area contributed by atoms with E-state index in [1.54, 1.807) is 48.5 Å². The van der Waals surface area contributed by atoms with E-state index >= 15 is 0 Å². The van der Waals surface area contributed by atoms with Gasteiger partial charge in [0.2, 0.25) is 0 Å². The zero-order chi connectivity index (χ0) is 21.7. The van der Waals surface area contributed by atoms with Crippen LogP contribution in [0.3, 0.4) is 0 Å². The largest absolute Gasteiger partial charge is 0.387 e. The van der Waals surface area contributed by atoms with Crippen LogP contribution in [-0.2, 0) is 14.8 Å². The fourth-order valence-corrected chi connectivity index (χ4v) is 4.66. The number of benzene rings is 3. The minimum atomic E-state index is -3.74. The van der Waals surface area contributed by atoms with Crippen LogP contribution in [0.15, 0.2) is 83.8 Å². The van der Waals surface area contributed by atoms with Crippen LogP contribution < -0.4 is 4.72 Å². The van der Waals surface area contributed by atoms with Gasteiger partial charge in [-0.1, -0.05) is 54.6 Å². The molecule has 31 heavy (non-hydrogen) atoms. The summed E-state index contributed by atoms with van der Waals surface area (Å²) in [6.07, 6.45) is -0.701. The van der Waals surface area contributed by atoms with Gasteiger partial charge in [0.05, 0.1) is 24.2 Å². The molecule has 1 fully saturated rings. The number of ether oxygens (including phenoxy) is 1. The van der Waals surface area contributed by atoms with Crippen molar-refractivity contribution in [2.75, 3.05) is 37.6 Å². The molecule has 3 aromatic rings. The van der Waals surface area contributed by atoms with Crippen LogP contribution in [0.25, 0.3) is 11.1 Å². The van der Waals surface area contributed by atoms with E-state index in [4.69, 9.17) is 4.74 Å². The number of nitrogens with zero attached hydrogens (tertiary/aromatic N) is 1. The Hall–Kier alpha value is -2.71. The highest BCUT2D eigenvalue weighted by Gasteiger charge is 2.18. The predicted octanol–water partition coefficient (Wildman–Crippen LogP) is 3.52. The number of morpholine rings is 1. The number of β-amino-alcohol motifs (C(OH)–C–C–N with tert-alkyl or cyclic N) is 1. The average molecular weight is 439 g/mol. The lowest BCUT2D eigenvalue weighted by Gasteiger charge is -2.28. The molecular weight excluding hydrogens is 412 g/mol. The SMILES string of the molecule is O=S(=O)(Nc1cccc(C(O)CN2CCOCC2)c1)c1ccc(-c2ccccc2)cc1. The third-order valence-electron chi connectivity index (χ3n) is 5.33. The number of anilines is 1. The standard InChI is InChI=1S/C24H26N2O4S/c27-24(18-26-13-15-30-16-14-26)21-7-4-8-22(17-21)25-31(28,29)23-11-9-20(10-12-23)19-5-2-1-3-6-19/h1-12,17,24-25,27H,13-16,18H2. The quantitative estimate of drug-likeness (QED) is 0.590. The molecule has 0 bridgehead atoms. The van der Waals surface area contributed by atoms with Crippen LogP contribution in [0.2, 0.25) is 0 Å². The summed E-state index contributed by atoms with van der Waals surface area (Å²) in [5, 5.41) is 10.6. The van der Waals surface area contributed by atoms with Gasteiger partial charge in [-0.05, 0) is 41.0 Å². The maximum atomic E-state index is 12.9. The molecule has 0 aromatic heterocycles. The number of hydrogen-bond acceptors (Lipinski definition) is 5. The molecule has 7 heteroatoms. The third kappa shape index (κ3) is 5.51. The van der Waals surface area contributed by atoms with E-state index in [1.165, 1.54) is 0 Å². The molecule has 1 unspecified atom stereocenters. The highest BCUT2D eigenvalue weighted by Crippen LogP contribution is 2.24. The fourth-order valence-electron chi connectivity index (χ4n) is 3.61. The van der Waals surface area contributed by atoms with Gasteiger partial charge in [0.1, 0.15) is 0 Å². The Balaban J connectivity index is 1.46. The van der Waals surface area contributed by atoms with Gasteiger partial charge in [-0.25, -0.2) is 8.42 Å². The Morgan fingerprint density at radius 3 is 2.29 bits per heavy atom. The molecule has 162 valence electrons. The first kappa shape index (κ1) is 21.5. The molecule has 0 saturated carbocycles. The molecule has 6 nitrogen and oxygen atoms in total. The Morgan fingerprint density at radius 2 is 1.58 bits per heavy atom. The average Bonchev–Trinajstić information content (AvgIpc) is 2.80. The van der Waals surface area contributed by atoms with Crippen LogP contribution in [0.5, 0.6) is 0 Å². The van der Waals surface area contributed by atoms with Gasteiger partial charge in [0.15, 0.2) is 0 Å². The second-order valence-corrected chi connectivity index (χ2v) is 9.23. The molecule has 4 rings (SSSR count). The van der Waals surface area contributed by atoms with Crippen molar-refractivity contribution in [2.24, 2.45) is 0 Å². The highest BCUT2D eigenvalue weighted by atomic mass is 32.2. The van der Waals surface area contributed by atoms with E-state index in [1.807, 2.05) is 30.3 Å².